The van der Waals surface area contributed by atoms with Crippen LogP contribution in [0.2, 0.25) is 0 Å². The van der Waals surface area contributed by atoms with Crippen LogP contribution in [-0.4, -0.2) is 11.1 Å². The summed E-state index contributed by atoms with van der Waals surface area (Å²) in [5.74, 6) is -0.144. The maximum absolute atomic E-state index is 10.4. The molecule has 0 aliphatic heterocycles. The van der Waals surface area contributed by atoms with E-state index in [0.717, 1.165) is 12.8 Å². The van der Waals surface area contributed by atoms with Crippen molar-refractivity contribution in [2.24, 2.45) is 5.92 Å². The standard InChI is InChI=1S/C11H20O2/c1-4-6-9(2)7-5-8-10(3)11(12)13/h9H,3-8H2,1-2H3,(H,12,13). The molecule has 0 heterocycles. The highest BCUT2D eigenvalue weighted by Gasteiger charge is 2.05. The van der Waals surface area contributed by atoms with Gasteiger partial charge in [0.25, 0.3) is 0 Å². The molecule has 0 aliphatic rings. The number of carboxylic acids is 1. The SMILES string of the molecule is C=C(CCCC(C)CCC)C(=O)O. The number of hydrogen-bond acceptors (Lipinski definition) is 1. The van der Waals surface area contributed by atoms with E-state index >= 15 is 0 Å². The van der Waals surface area contributed by atoms with Gasteiger partial charge < -0.3 is 5.11 Å². The predicted octanol–water partition coefficient (Wildman–Crippen LogP) is 3.23. The number of rotatable bonds is 7. The van der Waals surface area contributed by atoms with Crippen LogP contribution in [0.4, 0.5) is 0 Å². The van der Waals surface area contributed by atoms with Gasteiger partial charge in [0.15, 0.2) is 0 Å². The maximum Gasteiger partial charge on any atom is 0.330 e. The largest absolute Gasteiger partial charge is 0.478 e. The van der Waals surface area contributed by atoms with Crippen molar-refractivity contribution in [2.45, 2.75) is 46.0 Å². The van der Waals surface area contributed by atoms with Crippen LogP contribution in [0.5, 0.6) is 0 Å². The van der Waals surface area contributed by atoms with Crippen molar-refractivity contribution < 1.29 is 9.90 Å². The average Bonchev–Trinajstić information content (AvgIpc) is 2.04. The first-order valence-electron chi connectivity index (χ1n) is 4.99. The third-order valence-corrected chi connectivity index (χ3v) is 2.26. The fourth-order valence-corrected chi connectivity index (χ4v) is 1.41. The van der Waals surface area contributed by atoms with Crippen LogP contribution in [0.25, 0.3) is 0 Å². The van der Waals surface area contributed by atoms with Crippen LogP contribution in [0.15, 0.2) is 12.2 Å². The normalized spacial score (nSPS) is 12.5. The van der Waals surface area contributed by atoms with Crippen LogP contribution < -0.4 is 0 Å². The number of aliphatic carboxylic acids is 1. The van der Waals surface area contributed by atoms with E-state index in [4.69, 9.17) is 5.11 Å². The fraction of sp³-hybridized carbons (Fsp3) is 0.727. The van der Waals surface area contributed by atoms with Crippen LogP contribution in [0.3, 0.4) is 0 Å². The molecule has 0 fully saturated rings. The van der Waals surface area contributed by atoms with Crippen LogP contribution in [0, 0.1) is 5.92 Å². The number of hydrogen-bond donors (Lipinski definition) is 1. The van der Waals surface area contributed by atoms with E-state index in [-0.39, 0.29) is 0 Å². The van der Waals surface area contributed by atoms with Gasteiger partial charge in [0.1, 0.15) is 0 Å². The molecule has 1 N–H and O–H groups in total. The summed E-state index contributed by atoms with van der Waals surface area (Å²) in [4.78, 5) is 10.4. The molecule has 0 radical (unpaired) electrons. The maximum atomic E-state index is 10.4. The second kappa shape index (κ2) is 6.70. The zero-order chi connectivity index (χ0) is 10.3. The van der Waals surface area contributed by atoms with Crippen molar-refractivity contribution in [3.05, 3.63) is 12.2 Å². The van der Waals surface area contributed by atoms with Gasteiger partial charge in [-0.3, -0.25) is 0 Å². The molecule has 13 heavy (non-hydrogen) atoms. The summed E-state index contributed by atoms with van der Waals surface area (Å²) in [6, 6.07) is 0. The monoisotopic (exact) mass is 184 g/mol. The molecule has 0 aromatic rings. The summed E-state index contributed by atoms with van der Waals surface area (Å²) >= 11 is 0. The minimum Gasteiger partial charge on any atom is -0.478 e. The van der Waals surface area contributed by atoms with E-state index in [9.17, 15) is 4.79 Å². The van der Waals surface area contributed by atoms with Crippen LogP contribution >= 0.6 is 0 Å². The van der Waals surface area contributed by atoms with Gasteiger partial charge in [-0.2, -0.15) is 0 Å². The molecule has 1 unspecified atom stereocenters. The highest BCUT2D eigenvalue weighted by molar-refractivity contribution is 5.85. The quantitative estimate of drug-likeness (QED) is 0.617. The van der Waals surface area contributed by atoms with E-state index in [1.165, 1.54) is 12.8 Å². The average molecular weight is 184 g/mol. The number of carboxylic acid groups (broad SMARTS) is 1. The Morgan fingerprint density at radius 1 is 1.46 bits per heavy atom. The van der Waals surface area contributed by atoms with Gasteiger partial charge in [0, 0.05) is 5.57 Å². The molecule has 0 aromatic heterocycles. The second-order valence-electron chi connectivity index (χ2n) is 3.69. The smallest absolute Gasteiger partial charge is 0.330 e. The molecule has 0 rings (SSSR count). The van der Waals surface area contributed by atoms with Crippen LogP contribution in [0.1, 0.15) is 46.0 Å². The molecule has 2 nitrogen and oxygen atoms in total. The van der Waals surface area contributed by atoms with Gasteiger partial charge >= 0.3 is 5.97 Å². The zero-order valence-electron chi connectivity index (χ0n) is 8.68. The summed E-state index contributed by atoms with van der Waals surface area (Å²) < 4.78 is 0. The first-order chi connectivity index (χ1) is 6.07. The fourth-order valence-electron chi connectivity index (χ4n) is 1.41. The third kappa shape index (κ3) is 6.38. The Hall–Kier alpha value is -0.790. The second-order valence-corrected chi connectivity index (χ2v) is 3.69. The predicted molar refractivity (Wildman–Crippen MR) is 54.7 cm³/mol. The molecular formula is C11H20O2. The molecule has 0 aliphatic carbocycles. The van der Waals surface area contributed by atoms with Crippen molar-refractivity contribution in [3.8, 4) is 0 Å². The topological polar surface area (TPSA) is 37.3 Å². The molecule has 0 amide bonds. The van der Waals surface area contributed by atoms with Gasteiger partial charge in [-0.15, -0.1) is 0 Å². The molecule has 0 aromatic carbocycles. The Morgan fingerprint density at radius 2 is 2.08 bits per heavy atom. The molecule has 0 spiro atoms. The van der Waals surface area contributed by atoms with Gasteiger partial charge in [-0.05, 0) is 18.8 Å². The van der Waals surface area contributed by atoms with Crippen molar-refractivity contribution >= 4 is 5.97 Å². The molecule has 0 saturated carbocycles. The summed E-state index contributed by atoms with van der Waals surface area (Å²) in [5.41, 5.74) is 0.337. The Bertz CT molecular complexity index is 173. The Labute approximate surface area is 80.7 Å². The van der Waals surface area contributed by atoms with E-state index in [1.54, 1.807) is 0 Å². The summed E-state index contributed by atoms with van der Waals surface area (Å²) in [6.07, 6.45) is 5.14. The molecule has 0 bridgehead atoms. The molecule has 76 valence electrons. The minimum atomic E-state index is -0.858. The van der Waals surface area contributed by atoms with Gasteiger partial charge in [-0.1, -0.05) is 39.7 Å². The van der Waals surface area contributed by atoms with Gasteiger partial charge in [0.05, 0.1) is 0 Å². The first-order valence-corrected chi connectivity index (χ1v) is 4.99. The van der Waals surface area contributed by atoms with E-state index < -0.39 is 5.97 Å². The summed E-state index contributed by atoms with van der Waals surface area (Å²) in [5, 5.41) is 8.55. The van der Waals surface area contributed by atoms with Crippen LogP contribution in [-0.2, 0) is 4.79 Å². The molecular weight excluding hydrogens is 164 g/mol. The highest BCUT2D eigenvalue weighted by atomic mass is 16.4. The lowest BCUT2D eigenvalue weighted by Gasteiger charge is -2.08. The number of carbonyl (C=O) groups is 1. The highest BCUT2D eigenvalue weighted by Crippen LogP contribution is 2.15. The van der Waals surface area contributed by atoms with Crippen molar-refractivity contribution in [1.82, 2.24) is 0 Å². The Balaban J connectivity index is 3.44. The van der Waals surface area contributed by atoms with E-state index in [0.29, 0.717) is 17.9 Å². The van der Waals surface area contributed by atoms with Crippen molar-refractivity contribution in [3.63, 3.8) is 0 Å². The molecule has 2 heteroatoms. The zero-order valence-corrected chi connectivity index (χ0v) is 8.68. The van der Waals surface area contributed by atoms with Crippen molar-refractivity contribution in [1.29, 1.82) is 0 Å². The van der Waals surface area contributed by atoms with Crippen molar-refractivity contribution in [2.75, 3.05) is 0 Å². The Morgan fingerprint density at radius 3 is 2.54 bits per heavy atom. The Kier molecular flexibility index (Phi) is 6.29. The minimum absolute atomic E-state index is 0.337. The van der Waals surface area contributed by atoms with Gasteiger partial charge in [-0.25, -0.2) is 4.79 Å². The lowest BCUT2D eigenvalue weighted by molar-refractivity contribution is -0.132. The molecule has 1 atom stereocenters. The van der Waals surface area contributed by atoms with E-state index in [1.807, 2.05) is 0 Å². The van der Waals surface area contributed by atoms with Gasteiger partial charge in [0.2, 0.25) is 0 Å². The summed E-state index contributed by atoms with van der Waals surface area (Å²) in [7, 11) is 0. The third-order valence-electron chi connectivity index (χ3n) is 2.26. The van der Waals surface area contributed by atoms with E-state index in [2.05, 4.69) is 20.4 Å². The summed E-state index contributed by atoms with van der Waals surface area (Å²) in [6.45, 7) is 7.89. The first kappa shape index (κ1) is 12.2. The lowest BCUT2D eigenvalue weighted by atomic mass is 9.98. The lowest BCUT2D eigenvalue weighted by Crippen LogP contribution is -2.00. The molecule has 0 saturated heterocycles.